The minimum Gasteiger partial charge on any atom is -0.395 e. The Morgan fingerprint density at radius 3 is 2.43 bits per heavy atom. The topological polar surface area (TPSA) is 73.5 Å². The Morgan fingerprint density at radius 2 is 1.83 bits per heavy atom. The molecule has 0 amide bonds. The van der Waals surface area contributed by atoms with Crippen LogP contribution in [0.4, 0.5) is 11.4 Å². The van der Waals surface area contributed by atoms with Gasteiger partial charge in [0.15, 0.2) is 0 Å². The molecular formula is C17H26N4O2. The maximum Gasteiger partial charge on any atom is 0.0646 e. The lowest BCUT2D eigenvalue weighted by molar-refractivity contribution is 0.268. The molecule has 0 atom stereocenters. The smallest absolute Gasteiger partial charge is 0.0646 e. The first-order valence-corrected chi connectivity index (χ1v) is 7.86. The van der Waals surface area contributed by atoms with Gasteiger partial charge in [0.2, 0.25) is 0 Å². The van der Waals surface area contributed by atoms with Crippen molar-refractivity contribution < 1.29 is 10.2 Å². The SMILES string of the molecule is Cc1nn(CCO)c(C)c1CNc1ccc(N(C)CCO)cc1. The molecule has 126 valence electrons. The molecule has 23 heavy (non-hydrogen) atoms. The third-order valence-corrected chi connectivity index (χ3v) is 4.06. The number of hydrogen-bond donors (Lipinski definition) is 3. The highest BCUT2D eigenvalue weighted by Crippen LogP contribution is 2.19. The van der Waals surface area contributed by atoms with Crippen LogP contribution in [0.2, 0.25) is 0 Å². The Bertz CT molecular complexity index is 622. The number of likely N-dealkylation sites (N-methyl/N-ethyl adjacent to an activating group) is 1. The Kier molecular flexibility index (Phi) is 6.01. The summed E-state index contributed by atoms with van der Waals surface area (Å²) >= 11 is 0. The van der Waals surface area contributed by atoms with E-state index in [1.165, 1.54) is 5.56 Å². The molecule has 1 aromatic heterocycles. The van der Waals surface area contributed by atoms with Crippen LogP contribution in [-0.2, 0) is 13.1 Å². The monoisotopic (exact) mass is 318 g/mol. The molecule has 0 bridgehead atoms. The quantitative estimate of drug-likeness (QED) is 0.688. The Labute approximate surface area is 137 Å². The van der Waals surface area contributed by atoms with Gasteiger partial charge in [0.25, 0.3) is 0 Å². The normalized spacial score (nSPS) is 10.8. The molecule has 2 aromatic rings. The summed E-state index contributed by atoms with van der Waals surface area (Å²) < 4.78 is 1.85. The van der Waals surface area contributed by atoms with Crippen molar-refractivity contribution in [2.75, 3.05) is 37.0 Å². The molecule has 6 nitrogen and oxygen atoms in total. The second kappa shape index (κ2) is 7.99. The highest BCUT2D eigenvalue weighted by atomic mass is 16.3. The van der Waals surface area contributed by atoms with E-state index in [4.69, 9.17) is 10.2 Å². The molecule has 0 saturated carbocycles. The molecule has 0 fully saturated rings. The zero-order valence-corrected chi connectivity index (χ0v) is 14.1. The Balaban J connectivity index is 2.01. The molecule has 1 heterocycles. The fourth-order valence-corrected chi connectivity index (χ4v) is 2.61. The van der Waals surface area contributed by atoms with Crippen LogP contribution in [0.1, 0.15) is 17.0 Å². The first-order chi connectivity index (χ1) is 11.1. The fourth-order valence-electron chi connectivity index (χ4n) is 2.61. The van der Waals surface area contributed by atoms with Crippen molar-refractivity contribution in [3.63, 3.8) is 0 Å². The fraction of sp³-hybridized carbons (Fsp3) is 0.471. The number of nitrogens with zero attached hydrogens (tertiary/aromatic N) is 3. The predicted molar refractivity (Wildman–Crippen MR) is 92.9 cm³/mol. The molecule has 0 aliphatic carbocycles. The minimum atomic E-state index is 0.0949. The van der Waals surface area contributed by atoms with E-state index >= 15 is 0 Å². The maximum atomic E-state index is 9.07. The highest BCUT2D eigenvalue weighted by molar-refractivity contribution is 5.55. The van der Waals surface area contributed by atoms with Crippen LogP contribution in [0.5, 0.6) is 0 Å². The van der Waals surface area contributed by atoms with Crippen LogP contribution in [0.25, 0.3) is 0 Å². The number of aryl methyl sites for hydroxylation is 1. The molecule has 0 spiro atoms. The van der Waals surface area contributed by atoms with Crippen molar-refractivity contribution in [1.29, 1.82) is 0 Å². The second-order valence-corrected chi connectivity index (χ2v) is 5.64. The first-order valence-electron chi connectivity index (χ1n) is 7.86. The minimum absolute atomic E-state index is 0.0949. The van der Waals surface area contributed by atoms with E-state index in [2.05, 4.69) is 10.4 Å². The van der Waals surface area contributed by atoms with Gasteiger partial charge in [0.05, 0.1) is 25.5 Å². The molecule has 0 radical (unpaired) electrons. The average molecular weight is 318 g/mol. The summed E-state index contributed by atoms with van der Waals surface area (Å²) in [6, 6.07) is 8.14. The Morgan fingerprint density at radius 1 is 1.13 bits per heavy atom. The van der Waals surface area contributed by atoms with Crippen molar-refractivity contribution in [3.8, 4) is 0 Å². The standard InChI is InChI=1S/C17H26N4O2/c1-13-17(14(2)21(19-13)9-11-23)12-18-15-4-6-16(7-5-15)20(3)8-10-22/h4-7,18,22-23H,8-12H2,1-3H3. The molecular weight excluding hydrogens is 292 g/mol. The first kappa shape index (κ1) is 17.3. The number of rotatable bonds is 8. The summed E-state index contributed by atoms with van der Waals surface area (Å²) in [5.41, 5.74) is 5.36. The highest BCUT2D eigenvalue weighted by Gasteiger charge is 2.10. The molecule has 2 rings (SSSR count). The van der Waals surface area contributed by atoms with Crippen LogP contribution in [0.15, 0.2) is 24.3 Å². The van der Waals surface area contributed by atoms with Gasteiger partial charge in [-0.05, 0) is 38.1 Å². The third kappa shape index (κ3) is 4.24. The third-order valence-electron chi connectivity index (χ3n) is 4.06. The van der Waals surface area contributed by atoms with E-state index in [0.29, 0.717) is 19.6 Å². The van der Waals surface area contributed by atoms with Gasteiger partial charge >= 0.3 is 0 Å². The van der Waals surface area contributed by atoms with Gasteiger partial charge in [-0.25, -0.2) is 0 Å². The van der Waals surface area contributed by atoms with Crippen molar-refractivity contribution in [2.24, 2.45) is 0 Å². The number of aliphatic hydroxyl groups is 2. The van der Waals surface area contributed by atoms with Crippen LogP contribution in [-0.4, -0.2) is 46.8 Å². The molecule has 3 N–H and O–H groups in total. The van der Waals surface area contributed by atoms with Crippen molar-refractivity contribution in [1.82, 2.24) is 9.78 Å². The molecule has 0 aliphatic rings. The summed E-state index contributed by atoms with van der Waals surface area (Å²) in [6.45, 7) is 6.11. The van der Waals surface area contributed by atoms with Crippen molar-refractivity contribution >= 4 is 11.4 Å². The van der Waals surface area contributed by atoms with Crippen LogP contribution < -0.4 is 10.2 Å². The molecule has 0 saturated heterocycles. The van der Waals surface area contributed by atoms with E-state index < -0.39 is 0 Å². The van der Waals surface area contributed by atoms with E-state index in [0.717, 1.165) is 22.8 Å². The average Bonchev–Trinajstić information content (AvgIpc) is 2.80. The Hall–Kier alpha value is -2.05. The van der Waals surface area contributed by atoms with Crippen LogP contribution in [0, 0.1) is 13.8 Å². The van der Waals surface area contributed by atoms with E-state index in [1.54, 1.807) is 0 Å². The lowest BCUT2D eigenvalue weighted by Gasteiger charge is -2.18. The van der Waals surface area contributed by atoms with Gasteiger partial charge in [-0.2, -0.15) is 5.10 Å². The lowest BCUT2D eigenvalue weighted by Crippen LogP contribution is -2.20. The molecule has 0 aliphatic heterocycles. The number of aromatic nitrogens is 2. The van der Waals surface area contributed by atoms with Gasteiger partial charge in [-0.15, -0.1) is 0 Å². The van der Waals surface area contributed by atoms with Crippen LogP contribution in [0.3, 0.4) is 0 Å². The number of hydrogen-bond acceptors (Lipinski definition) is 5. The van der Waals surface area contributed by atoms with E-state index in [9.17, 15) is 0 Å². The lowest BCUT2D eigenvalue weighted by atomic mass is 10.2. The van der Waals surface area contributed by atoms with Crippen LogP contribution >= 0.6 is 0 Å². The largest absolute Gasteiger partial charge is 0.395 e. The molecule has 6 heteroatoms. The van der Waals surface area contributed by atoms with Gasteiger partial charge in [-0.1, -0.05) is 0 Å². The predicted octanol–water partition coefficient (Wildman–Crippen LogP) is 1.53. The van der Waals surface area contributed by atoms with Crippen molar-refractivity contribution in [2.45, 2.75) is 26.9 Å². The van der Waals surface area contributed by atoms with Gasteiger partial charge in [0, 0.05) is 42.8 Å². The number of aliphatic hydroxyl groups excluding tert-OH is 2. The summed E-state index contributed by atoms with van der Waals surface area (Å²) in [5.74, 6) is 0. The van der Waals surface area contributed by atoms with Crippen molar-refractivity contribution in [3.05, 3.63) is 41.2 Å². The summed E-state index contributed by atoms with van der Waals surface area (Å²) in [5, 5.41) is 25.9. The van der Waals surface area contributed by atoms with E-state index in [-0.39, 0.29) is 13.2 Å². The summed E-state index contributed by atoms with van der Waals surface area (Å²) in [7, 11) is 1.96. The van der Waals surface area contributed by atoms with Gasteiger partial charge < -0.3 is 20.4 Å². The number of anilines is 2. The molecule has 1 aromatic carbocycles. The number of nitrogens with one attached hydrogen (secondary N) is 1. The maximum absolute atomic E-state index is 9.07. The number of benzene rings is 1. The van der Waals surface area contributed by atoms with Gasteiger partial charge in [0.1, 0.15) is 0 Å². The second-order valence-electron chi connectivity index (χ2n) is 5.64. The zero-order chi connectivity index (χ0) is 16.8. The van der Waals surface area contributed by atoms with E-state index in [1.807, 2.05) is 54.7 Å². The summed E-state index contributed by atoms with van der Waals surface area (Å²) in [6.07, 6.45) is 0. The zero-order valence-electron chi connectivity index (χ0n) is 14.1. The molecule has 0 unspecified atom stereocenters. The summed E-state index contributed by atoms with van der Waals surface area (Å²) in [4.78, 5) is 2.01. The van der Waals surface area contributed by atoms with Gasteiger partial charge in [-0.3, -0.25) is 4.68 Å².